The van der Waals surface area contributed by atoms with Crippen LogP contribution < -0.4 is 20.5 Å². The lowest BCUT2D eigenvalue weighted by atomic mass is 9.88. The molecule has 2 aromatic carbocycles. The molecule has 4 heteroatoms. The Labute approximate surface area is 131 Å². The Morgan fingerprint density at radius 3 is 2.50 bits per heavy atom. The number of nitrogen functional groups attached to an aromatic ring is 1. The van der Waals surface area contributed by atoms with Crippen molar-refractivity contribution in [3.63, 3.8) is 0 Å². The van der Waals surface area contributed by atoms with Gasteiger partial charge in [0.2, 0.25) is 0 Å². The molecule has 1 aliphatic heterocycles. The zero-order chi connectivity index (χ0) is 15.7. The molecule has 0 aliphatic carbocycles. The monoisotopic (exact) mass is 298 g/mol. The van der Waals surface area contributed by atoms with Crippen molar-refractivity contribution < 1.29 is 9.47 Å². The second-order valence-electron chi connectivity index (χ2n) is 5.68. The molecule has 116 valence electrons. The summed E-state index contributed by atoms with van der Waals surface area (Å²) in [5.41, 5.74) is 11.8. The van der Waals surface area contributed by atoms with Crippen LogP contribution in [0.15, 0.2) is 30.3 Å². The number of rotatable bonds is 3. The minimum atomic E-state index is 0.0865. The van der Waals surface area contributed by atoms with E-state index in [9.17, 15) is 0 Å². The number of ether oxygens (including phenoxy) is 2. The van der Waals surface area contributed by atoms with E-state index in [4.69, 9.17) is 15.2 Å². The van der Waals surface area contributed by atoms with Gasteiger partial charge in [-0.3, -0.25) is 0 Å². The Kier molecular flexibility index (Phi) is 3.94. The molecule has 0 aromatic heterocycles. The average molecular weight is 298 g/mol. The molecular weight excluding hydrogens is 276 g/mol. The van der Waals surface area contributed by atoms with E-state index in [2.05, 4.69) is 30.4 Å². The smallest absolute Gasteiger partial charge is 0.161 e. The molecular formula is C18H22N2O2. The topological polar surface area (TPSA) is 56.5 Å². The summed E-state index contributed by atoms with van der Waals surface area (Å²) in [6.07, 6.45) is 0.970. The van der Waals surface area contributed by atoms with Crippen molar-refractivity contribution in [2.24, 2.45) is 0 Å². The summed E-state index contributed by atoms with van der Waals surface area (Å²) in [5, 5.41) is 3.57. The molecule has 0 amide bonds. The van der Waals surface area contributed by atoms with Gasteiger partial charge in [-0.25, -0.2) is 0 Å². The highest BCUT2D eigenvalue weighted by atomic mass is 16.5. The quantitative estimate of drug-likeness (QED) is 0.856. The van der Waals surface area contributed by atoms with Gasteiger partial charge in [-0.05, 0) is 48.2 Å². The van der Waals surface area contributed by atoms with E-state index in [0.717, 1.165) is 35.7 Å². The number of hydrogen-bond donors (Lipinski definition) is 2. The SMILES string of the molecule is COc1cc2c(cc1OC)[C@@H](c1cc(C)ccc1N)NCC2. The van der Waals surface area contributed by atoms with Gasteiger partial charge in [0.05, 0.1) is 20.3 Å². The van der Waals surface area contributed by atoms with Gasteiger partial charge >= 0.3 is 0 Å². The van der Waals surface area contributed by atoms with Crippen molar-refractivity contribution in [1.82, 2.24) is 5.32 Å². The fourth-order valence-corrected chi connectivity index (χ4v) is 3.10. The summed E-state index contributed by atoms with van der Waals surface area (Å²) < 4.78 is 10.9. The molecule has 0 bridgehead atoms. The summed E-state index contributed by atoms with van der Waals surface area (Å²) >= 11 is 0. The third-order valence-corrected chi connectivity index (χ3v) is 4.25. The molecule has 0 fully saturated rings. The summed E-state index contributed by atoms with van der Waals surface area (Å²) in [7, 11) is 3.33. The van der Waals surface area contributed by atoms with Crippen molar-refractivity contribution >= 4 is 5.69 Å². The summed E-state index contributed by atoms with van der Waals surface area (Å²) in [4.78, 5) is 0. The lowest BCUT2D eigenvalue weighted by molar-refractivity contribution is 0.353. The highest BCUT2D eigenvalue weighted by molar-refractivity contribution is 5.57. The van der Waals surface area contributed by atoms with Crippen molar-refractivity contribution in [1.29, 1.82) is 0 Å². The molecule has 0 saturated carbocycles. The van der Waals surface area contributed by atoms with Gasteiger partial charge in [0.1, 0.15) is 0 Å². The molecule has 1 aliphatic rings. The van der Waals surface area contributed by atoms with E-state index in [1.165, 1.54) is 16.7 Å². The molecule has 22 heavy (non-hydrogen) atoms. The molecule has 1 atom stereocenters. The lowest BCUT2D eigenvalue weighted by Crippen LogP contribution is -2.31. The van der Waals surface area contributed by atoms with Gasteiger partial charge in [0.25, 0.3) is 0 Å². The second-order valence-corrected chi connectivity index (χ2v) is 5.68. The van der Waals surface area contributed by atoms with Crippen LogP contribution >= 0.6 is 0 Å². The van der Waals surface area contributed by atoms with Crippen LogP contribution in [-0.4, -0.2) is 20.8 Å². The van der Waals surface area contributed by atoms with E-state index >= 15 is 0 Å². The molecule has 3 rings (SSSR count). The number of nitrogens with two attached hydrogens (primary N) is 1. The first-order valence-electron chi connectivity index (χ1n) is 7.48. The van der Waals surface area contributed by atoms with Crippen LogP contribution in [0.1, 0.15) is 28.3 Å². The van der Waals surface area contributed by atoms with Crippen LogP contribution in [0.4, 0.5) is 5.69 Å². The zero-order valence-electron chi connectivity index (χ0n) is 13.3. The van der Waals surface area contributed by atoms with E-state index in [0.29, 0.717) is 0 Å². The Balaban J connectivity index is 2.13. The largest absolute Gasteiger partial charge is 0.493 e. The van der Waals surface area contributed by atoms with Crippen LogP contribution in [0, 0.1) is 6.92 Å². The molecule has 1 heterocycles. The first-order chi connectivity index (χ1) is 10.6. The molecule has 0 saturated heterocycles. The Morgan fingerprint density at radius 1 is 1.05 bits per heavy atom. The summed E-state index contributed by atoms with van der Waals surface area (Å²) in [6, 6.07) is 10.4. The standard InChI is InChI=1S/C18H22N2O2/c1-11-4-5-15(19)14(8-11)18-13-10-17(22-3)16(21-2)9-12(13)6-7-20-18/h4-5,8-10,18,20H,6-7,19H2,1-3H3/t18-/m0/s1. The first-order valence-corrected chi connectivity index (χ1v) is 7.48. The van der Waals surface area contributed by atoms with E-state index in [1.54, 1.807) is 14.2 Å². The third kappa shape index (κ3) is 2.50. The molecule has 3 N–H and O–H groups in total. The van der Waals surface area contributed by atoms with Gasteiger partial charge in [-0.2, -0.15) is 0 Å². The van der Waals surface area contributed by atoms with Gasteiger partial charge in [0.15, 0.2) is 11.5 Å². The third-order valence-electron chi connectivity index (χ3n) is 4.25. The number of benzene rings is 2. The number of aryl methyl sites for hydroxylation is 1. The number of methoxy groups -OCH3 is 2. The fraction of sp³-hybridized carbons (Fsp3) is 0.333. The highest BCUT2D eigenvalue weighted by Crippen LogP contribution is 2.38. The minimum Gasteiger partial charge on any atom is -0.493 e. The lowest BCUT2D eigenvalue weighted by Gasteiger charge is -2.29. The van der Waals surface area contributed by atoms with E-state index < -0.39 is 0 Å². The zero-order valence-corrected chi connectivity index (χ0v) is 13.3. The maximum absolute atomic E-state index is 6.21. The van der Waals surface area contributed by atoms with Crippen molar-refractivity contribution in [2.75, 3.05) is 26.5 Å². The van der Waals surface area contributed by atoms with Crippen molar-refractivity contribution in [3.8, 4) is 11.5 Å². The molecule has 4 nitrogen and oxygen atoms in total. The Morgan fingerprint density at radius 2 is 1.77 bits per heavy atom. The first kappa shape index (κ1) is 14.7. The van der Waals surface area contributed by atoms with Gasteiger partial charge in [0, 0.05) is 12.2 Å². The Bertz CT molecular complexity index is 698. The maximum Gasteiger partial charge on any atom is 0.161 e. The fourth-order valence-electron chi connectivity index (χ4n) is 3.10. The van der Waals surface area contributed by atoms with Gasteiger partial charge < -0.3 is 20.5 Å². The molecule has 0 unspecified atom stereocenters. The summed E-state index contributed by atoms with van der Waals surface area (Å²) in [6.45, 7) is 3.00. The van der Waals surface area contributed by atoms with Crippen LogP contribution in [0.5, 0.6) is 11.5 Å². The maximum atomic E-state index is 6.21. The van der Waals surface area contributed by atoms with Gasteiger partial charge in [-0.1, -0.05) is 17.7 Å². The predicted octanol–water partition coefficient (Wildman–Crippen LogP) is 2.83. The van der Waals surface area contributed by atoms with Crippen molar-refractivity contribution in [3.05, 3.63) is 52.6 Å². The van der Waals surface area contributed by atoms with Crippen LogP contribution in [-0.2, 0) is 6.42 Å². The van der Waals surface area contributed by atoms with Gasteiger partial charge in [-0.15, -0.1) is 0 Å². The number of fused-ring (bicyclic) bond motifs is 1. The second kappa shape index (κ2) is 5.89. The van der Waals surface area contributed by atoms with Crippen LogP contribution in [0.3, 0.4) is 0 Å². The molecule has 0 spiro atoms. The minimum absolute atomic E-state index is 0.0865. The predicted molar refractivity (Wildman–Crippen MR) is 88.7 cm³/mol. The molecule has 2 aromatic rings. The van der Waals surface area contributed by atoms with E-state index in [-0.39, 0.29) is 6.04 Å². The van der Waals surface area contributed by atoms with Crippen LogP contribution in [0.25, 0.3) is 0 Å². The summed E-state index contributed by atoms with van der Waals surface area (Å²) in [5.74, 6) is 1.53. The Hall–Kier alpha value is -2.20. The van der Waals surface area contributed by atoms with Crippen LogP contribution in [0.2, 0.25) is 0 Å². The van der Waals surface area contributed by atoms with Crippen molar-refractivity contribution in [2.45, 2.75) is 19.4 Å². The average Bonchev–Trinajstić information content (AvgIpc) is 2.55. The van der Waals surface area contributed by atoms with E-state index in [1.807, 2.05) is 12.1 Å². The number of nitrogens with one attached hydrogen (secondary N) is 1. The number of hydrogen-bond acceptors (Lipinski definition) is 4. The highest BCUT2D eigenvalue weighted by Gasteiger charge is 2.25. The molecule has 0 radical (unpaired) electrons. The number of anilines is 1. The normalized spacial score (nSPS) is 17.0.